The van der Waals surface area contributed by atoms with Crippen molar-refractivity contribution in [2.45, 2.75) is 20.0 Å². The van der Waals surface area contributed by atoms with Gasteiger partial charge in [0.25, 0.3) is 11.8 Å². The molecule has 1 aromatic carbocycles. The van der Waals surface area contributed by atoms with E-state index in [1.54, 1.807) is 28.9 Å². The van der Waals surface area contributed by atoms with Crippen LogP contribution in [0.15, 0.2) is 48.8 Å². The number of benzene rings is 1. The van der Waals surface area contributed by atoms with Gasteiger partial charge >= 0.3 is 0 Å². The topological polar surface area (TPSA) is 104 Å². The molecule has 9 nitrogen and oxygen atoms in total. The zero-order valence-electron chi connectivity index (χ0n) is 20.2. The summed E-state index contributed by atoms with van der Waals surface area (Å²) in [4.78, 5) is 36.3. The van der Waals surface area contributed by atoms with Crippen LogP contribution >= 0.6 is 0 Å². The minimum absolute atomic E-state index is 0.175. The van der Waals surface area contributed by atoms with Crippen LogP contribution in [0.2, 0.25) is 0 Å². The Bertz CT molecular complexity index is 1500. The zero-order valence-corrected chi connectivity index (χ0v) is 20.2. The summed E-state index contributed by atoms with van der Waals surface area (Å²) in [6, 6.07) is 9.95. The normalized spacial score (nSPS) is 12.6. The highest BCUT2D eigenvalue weighted by Gasteiger charge is 2.27. The first kappa shape index (κ1) is 23.4. The van der Waals surface area contributed by atoms with E-state index in [2.05, 4.69) is 25.9 Å². The number of anilines is 2. The number of pyridine rings is 2. The number of hydrogen-bond acceptors (Lipinski definition) is 6. The molecule has 0 atom stereocenters. The molecule has 0 unspecified atom stereocenters. The monoisotopic (exact) mass is 487 g/mol. The van der Waals surface area contributed by atoms with Crippen molar-refractivity contribution in [3.63, 3.8) is 0 Å². The molecule has 4 heterocycles. The average molecular weight is 488 g/mol. The number of imidazole rings is 1. The molecular weight excluding hydrogens is 461 g/mol. The number of halogens is 1. The highest BCUT2D eigenvalue weighted by Crippen LogP contribution is 2.35. The van der Waals surface area contributed by atoms with Crippen molar-refractivity contribution in [2.24, 2.45) is 0 Å². The highest BCUT2D eigenvalue weighted by molar-refractivity contribution is 6.06. The molecule has 36 heavy (non-hydrogen) atoms. The fourth-order valence-corrected chi connectivity index (χ4v) is 4.44. The van der Waals surface area contributed by atoms with Gasteiger partial charge in [-0.15, -0.1) is 0 Å². The Kier molecular flexibility index (Phi) is 6.11. The summed E-state index contributed by atoms with van der Waals surface area (Å²) in [5.41, 5.74) is 5.19. The molecule has 1 aliphatic rings. The lowest BCUT2D eigenvalue weighted by Crippen LogP contribution is -2.26. The van der Waals surface area contributed by atoms with Crippen LogP contribution in [-0.4, -0.2) is 51.7 Å². The van der Waals surface area contributed by atoms with Crippen LogP contribution in [0.1, 0.15) is 38.9 Å². The van der Waals surface area contributed by atoms with Gasteiger partial charge in [-0.25, -0.2) is 14.4 Å². The van der Waals surface area contributed by atoms with Crippen molar-refractivity contribution in [1.82, 2.24) is 29.9 Å². The number of aromatic nitrogens is 3. The Morgan fingerprint density at radius 2 is 2.06 bits per heavy atom. The maximum absolute atomic E-state index is 13.6. The van der Waals surface area contributed by atoms with Gasteiger partial charge in [0, 0.05) is 37.5 Å². The summed E-state index contributed by atoms with van der Waals surface area (Å²) >= 11 is 0. The van der Waals surface area contributed by atoms with Crippen LogP contribution in [0, 0.1) is 5.82 Å². The number of amides is 2. The van der Waals surface area contributed by atoms with Crippen molar-refractivity contribution in [2.75, 3.05) is 26.0 Å². The number of carbonyl (C=O) groups excluding carboxylic acids is 2. The molecule has 1 aliphatic heterocycles. The molecule has 0 fully saturated rings. The maximum Gasteiger partial charge on any atom is 0.254 e. The van der Waals surface area contributed by atoms with Gasteiger partial charge in [-0.05, 0) is 50.8 Å². The molecule has 0 aliphatic carbocycles. The van der Waals surface area contributed by atoms with E-state index in [4.69, 9.17) is 0 Å². The Morgan fingerprint density at radius 3 is 2.83 bits per heavy atom. The van der Waals surface area contributed by atoms with Crippen molar-refractivity contribution in [3.8, 4) is 11.3 Å². The van der Waals surface area contributed by atoms with Gasteiger partial charge in [0.15, 0.2) is 0 Å². The van der Waals surface area contributed by atoms with Crippen molar-refractivity contribution < 1.29 is 14.0 Å². The molecule has 10 heteroatoms. The third kappa shape index (κ3) is 4.27. The van der Waals surface area contributed by atoms with Crippen molar-refractivity contribution >= 4 is 29.0 Å². The van der Waals surface area contributed by atoms with E-state index in [9.17, 15) is 14.0 Å². The van der Waals surface area contributed by atoms with Crippen LogP contribution in [0.25, 0.3) is 16.9 Å². The number of carbonyl (C=O) groups is 2. The first-order valence-electron chi connectivity index (χ1n) is 11.6. The predicted molar refractivity (Wildman–Crippen MR) is 135 cm³/mol. The van der Waals surface area contributed by atoms with Gasteiger partial charge in [-0.1, -0.05) is 6.07 Å². The second kappa shape index (κ2) is 9.38. The van der Waals surface area contributed by atoms with Gasteiger partial charge < -0.3 is 20.9 Å². The lowest BCUT2D eigenvalue weighted by Gasteiger charge is -2.16. The van der Waals surface area contributed by atoms with E-state index in [1.807, 2.05) is 38.1 Å². The third-order valence-corrected chi connectivity index (χ3v) is 6.00. The SMILES string of the molecule is CCNC(=O)c1ccc(Nc2ccc(-c3cnc4cc(F)ccn34)c3c2C(=O)NC3)nc1CN(C)C. The van der Waals surface area contributed by atoms with Gasteiger partial charge in [-0.2, -0.15) is 0 Å². The van der Waals surface area contributed by atoms with Crippen LogP contribution in [0.3, 0.4) is 0 Å². The molecule has 0 saturated heterocycles. The van der Waals surface area contributed by atoms with E-state index < -0.39 is 0 Å². The molecule has 4 aromatic rings. The minimum Gasteiger partial charge on any atom is -0.352 e. The molecule has 0 spiro atoms. The lowest BCUT2D eigenvalue weighted by molar-refractivity contribution is 0.0949. The standard InChI is InChI=1S/C26H26FN7O2/c1-4-28-25(35)17-6-8-22(32-20(17)14-33(2)3)31-19-7-5-16(18-12-30-26(36)24(18)19)21-13-29-23-11-15(27)9-10-34(21)23/h5-11,13H,4,12,14H2,1-3H3,(H,28,35)(H,30,36)(H,31,32). The van der Waals surface area contributed by atoms with Crippen LogP contribution < -0.4 is 16.0 Å². The average Bonchev–Trinajstić information content (AvgIpc) is 3.43. The molecule has 3 aromatic heterocycles. The Morgan fingerprint density at radius 1 is 1.22 bits per heavy atom. The summed E-state index contributed by atoms with van der Waals surface area (Å²) < 4.78 is 15.4. The summed E-state index contributed by atoms with van der Waals surface area (Å²) in [5, 5.41) is 8.99. The van der Waals surface area contributed by atoms with Gasteiger partial charge in [0.1, 0.15) is 17.3 Å². The van der Waals surface area contributed by atoms with Gasteiger partial charge in [-0.3, -0.25) is 14.0 Å². The van der Waals surface area contributed by atoms with E-state index in [0.717, 1.165) is 16.8 Å². The maximum atomic E-state index is 13.6. The first-order valence-corrected chi connectivity index (χ1v) is 11.6. The van der Waals surface area contributed by atoms with Crippen LogP contribution in [0.4, 0.5) is 15.9 Å². The molecule has 184 valence electrons. The predicted octanol–water partition coefficient (Wildman–Crippen LogP) is 3.33. The lowest BCUT2D eigenvalue weighted by atomic mass is 9.99. The quantitative estimate of drug-likeness (QED) is 0.370. The smallest absolute Gasteiger partial charge is 0.254 e. The largest absolute Gasteiger partial charge is 0.352 e. The van der Waals surface area contributed by atoms with E-state index in [1.165, 1.54) is 12.1 Å². The molecule has 0 bridgehead atoms. The Balaban J connectivity index is 1.54. The highest BCUT2D eigenvalue weighted by atomic mass is 19.1. The molecule has 0 radical (unpaired) electrons. The third-order valence-electron chi connectivity index (χ3n) is 6.00. The molecule has 5 rings (SSSR count). The van der Waals surface area contributed by atoms with Gasteiger partial charge in [0.05, 0.1) is 34.4 Å². The number of hydrogen-bond donors (Lipinski definition) is 3. The zero-order chi connectivity index (χ0) is 25.4. The second-order valence-corrected chi connectivity index (χ2v) is 8.83. The first-order chi connectivity index (χ1) is 17.4. The number of nitrogens with one attached hydrogen (secondary N) is 3. The molecule has 3 N–H and O–H groups in total. The van der Waals surface area contributed by atoms with Crippen molar-refractivity contribution in [3.05, 3.63) is 77.0 Å². The fraction of sp³-hybridized carbons (Fsp3) is 0.231. The molecule has 0 saturated carbocycles. The van der Waals surface area contributed by atoms with E-state index in [0.29, 0.717) is 53.6 Å². The molecule has 2 amide bonds. The molecular formula is C26H26FN7O2. The number of fused-ring (bicyclic) bond motifs is 2. The second-order valence-electron chi connectivity index (χ2n) is 8.83. The fourth-order valence-electron chi connectivity index (χ4n) is 4.44. The number of rotatable bonds is 7. The minimum atomic E-state index is -0.361. The van der Waals surface area contributed by atoms with Crippen LogP contribution in [-0.2, 0) is 13.1 Å². The number of nitrogens with zero attached hydrogens (tertiary/aromatic N) is 4. The Labute approximate surface area is 207 Å². The summed E-state index contributed by atoms with van der Waals surface area (Å²) in [6.45, 7) is 3.24. The van der Waals surface area contributed by atoms with Crippen molar-refractivity contribution in [1.29, 1.82) is 0 Å². The summed E-state index contributed by atoms with van der Waals surface area (Å²) in [7, 11) is 3.82. The summed E-state index contributed by atoms with van der Waals surface area (Å²) in [5.74, 6) is -0.201. The summed E-state index contributed by atoms with van der Waals surface area (Å²) in [6.07, 6.45) is 3.30. The van der Waals surface area contributed by atoms with E-state index >= 15 is 0 Å². The van der Waals surface area contributed by atoms with E-state index in [-0.39, 0.29) is 17.6 Å². The Hall–Kier alpha value is -4.31. The van der Waals surface area contributed by atoms with Gasteiger partial charge in [0.2, 0.25) is 0 Å². The van der Waals surface area contributed by atoms with Crippen LogP contribution in [0.5, 0.6) is 0 Å².